The number of ketones is 8. The number of amides is 7. The third-order valence-corrected chi connectivity index (χ3v) is 19.7. The number of unbranched alkanes of at least 4 members (excludes halogenated alkanes) is 6. The highest BCUT2D eigenvalue weighted by Gasteiger charge is 2.36. The minimum atomic E-state index is -1.00. The molecule has 718 valence electrons. The van der Waals surface area contributed by atoms with E-state index < -0.39 is 156 Å². The maximum Gasteiger partial charge on any atom is 0.407 e. The average molecular weight is 1810 g/mol. The fraction of sp³-hybridized carbons (Fsp3) is 0.632. The molecule has 7 amide bonds. The van der Waals surface area contributed by atoms with Gasteiger partial charge in [-0.15, -0.1) is 5.06 Å². The Morgan fingerprint density at radius 3 is 1.02 bits per heavy atom. The topological polar surface area (TPSA) is 460 Å². The minimum absolute atomic E-state index is 0.0156. The van der Waals surface area contributed by atoms with E-state index in [1.807, 2.05) is 48.5 Å². The minimum Gasteiger partial charge on any atom is -0.460 e. The molecule has 0 saturated carbocycles. The maximum absolute atomic E-state index is 12.8. The highest BCUT2D eigenvalue weighted by molar-refractivity contribution is 6.02. The number of rotatable bonds is 48. The second-order valence-corrected chi connectivity index (χ2v) is 35.2. The molecule has 12 unspecified atom stereocenters. The van der Waals surface area contributed by atoms with E-state index in [0.29, 0.717) is 30.7 Å². The van der Waals surface area contributed by atoms with Crippen LogP contribution < -0.4 is 32.3 Å². The molecule has 12 atom stereocenters. The highest BCUT2D eigenvalue weighted by Crippen LogP contribution is 2.44. The molecular formula is C95H145F2N7O24. The molecule has 2 aliphatic rings. The third kappa shape index (κ3) is 49.6. The van der Waals surface area contributed by atoms with E-state index in [1.165, 1.54) is 26.0 Å². The molecule has 31 nitrogen and oxygen atoms in total. The van der Waals surface area contributed by atoms with Gasteiger partial charge < -0.3 is 56.1 Å². The number of Topliss-reactive ketones (excluding diaryl/α,β-unsaturated/α-hetero) is 6. The van der Waals surface area contributed by atoms with Crippen LogP contribution >= 0.6 is 0 Å². The molecular weight excluding hydrogens is 1660 g/mol. The van der Waals surface area contributed by atoms with Crippen LogP contribution in [0.1, 0.15) is 294 Å². The number of benzene rings is 2. The molecule has 1 aliphatic carbocycles. The maximum atomic E-state index is 12.8. The van der Waals surface area contributed by atoms with Crippen molar-refractivity contribution in [2.45, 2.75) is 333 Å². The number of alkyl halides is 2. The largest absolute Gasteiger partial charge is 0.460 e. The Kier molecular flexibility index (Phi) is 54.8. The Labute approximate surface area is 757 Å². The van der Waals surface area contributed by atoms with E-state index in [1.54, 1.807) is 132 Å². The van der Waals surface area contributed by atoms with Crippen molar-refractivity contribution in [1.82, 2.24) is 31.6 Å². The molecule has 128 heavy (non-hydrogen) atoms. The van der Waals surface area contributed by atoms with Gasteiger partial charge in [0.2, 0.25) is 23.6 Å². The molecule has 2 aromatic carbocycles. The van der Waals surface area contributed by atoms with Gasteiger partial charge in [-0.05, 0) is 164 Å². The van der Waals surface area contributed by atoms with Crippen molar-refractivity contribution in [2.75, 3.05) is 20.9 Å². The number of hydrogen-bond acceptors (Lipinski definition) is 25. The Balaban J connectivity index is 0. The van der Waals surface area contributed by atoms with Crippen molar-refractivity contribution >= 4 is 112 Å². The van der Waals surface area contributed by atoms with Crippen LogP contribution in [0, 0.1) is 35.5 Å². The number of ether oxygens (including phenoxy) is 4. The molecule has 1 heterocycles. The van der Waals surface area contributed by atoms with Crippen molar-refractivity contribution < 1.29 is 126 Å². The van der Waals surface area contributed by atoms with Crippen molar-refractivity contribution in [1.29, 1.82) is 0 Å². The van der Waals surface area contributed by atoms with Crippen LogP contribution in [-0.4, -0.2) is 191 Å². The van der Waals surface area contributed by atoms with Gasteiger partial charge >= 0.3 is 30.0 Å². The molecule has 33 heteroatoms. The summed E-state index contributed by atoms with van der Waals surface area (Å²) in [6.45, 7) is 41.6. The molecule has 1 saturated heterocycles. The summed E-state index contributed by atoms with van der Waals surface area (Å²) < 4.78 is 52.3. The Hall–Kier alpha value is -10.7. The van der Waals surface area contributed by atoms with Crippen LogP contribution in [0.4, 0.5) is 13.6 Å². The van der Waals surface area contributed by atoms with Crippen molar-refractivity contribution in [3.8, 4) is 11.1 Å². The van der Waals surface area contributed by atoms with Crippen LogP contribution in [0.2, 0.25) is 0 Å². The summed E-state index contributed by atoms with van der Waals surface area (Å²) in [6.07, 6.45) is 9.20. The Morgan fingerprint density at radius 2 is 0.711 bits per heavy atom. The summed E-state index contributed by atoms with van der Waals surface area (Å²) in [7, 11) is -2.00. The standard InChI is InChI=1S/C33H42N2O7.C28H46N2O7.C18H32N2O5.C14H19NO5.2CH3F/c1-19(30(38)34-21(3)29(37)17-20(2)31(39)42-33(5,6)7)16-28(36)22(4)35-32(40)41-18-27-25-14-10-8-12-23(25)24-13-9-11-15-26(24)27;1-9-22(31)14-12-10-11-13-15-25(34)29-20(4)23(32)16-18(2)26(35)30-21(5)24(33)17-19(3)27(36)37-28(6,7)8;1-10(8-14(21)12(3)19)16(23)20-13(4)15(22)9-11(2)17(24)25-18(5,6)7;1-2-11(16)7-5-3-4-6-8-14(19)20-15-12(17)9-10-13(15)18;2*1-2/h8-15,19-22,27H,16-18H2,1-7H3,(H,34,38)(H,35,40);9,18-21H,1,10-17H2,2-8H3,(H,29,34)(H,30,35);10-13H,8-9,19H2,1-7H3,(H,20,23);2H,1,3-10H2;2*1H3/i;;;;2*1D. The van der Waals surface area contributed by atoms with E-state index in [-0.39, 0.29) is 135 Å². The first-order valence-electron chi connectivity index (χ1n) is 44.8. The number of carbonyl (C=O) groups excluding carboxylic acids is 19. The zero-order chi connectivity index (χ0) is 100. The summed E-state index contributed by atoms with van der Waals surface area (Å²) in [6, 6.07) is 11.4. The van der Waals surface area contributed by atoms with Gasteiger partial charge in [-0.25, -0.2) is 9.59 Å². The van der Waals surface area contributed by atoms with E-state index in [0.717, 1.165) is 60.8 Å². The van der Waals surface area contributed by atoms with Gasteiger partial charge in [0.05, 0.1) is 71.1 Å². The molecule has 0 aromatic heterocycles. The Morgan fingerprint density at radius 1 is 0.430 bits per heavy atom. The van der Waals surface area contributed by atoms with Gasteiger partial charge in [-0.1, -0.05) is 129 Å². The lowest BCUT2D eigenvalue weighted by Gasteiger charge is -2.23. The summed E-state index contributed by atoms with van der Waals surface area (Å²) in [4.78, 5) is 233. The predicted molar refractivity (Wildman–Crippen MR) is 479 cm³/mol. The average Bonchev–Trinajstić information content (AvgIpc) is 1.61. The number of hydroxylamine groups is 2. The SMILES string of the molecule is C=CC(=O)CCCCCCC(=O)NC(C)C(=O)CC(C)C(=O)NC(C)C(=O)CC(C)C(=O)OC(C)(C)C.C=CC(=O)CCCCCCC(=O)ON1C(=O)CCC1=O.CC(CC(=O)C(C)NC(=O)OCC1c2ccccc2-c2ccccc21)C(=O)NC(C)C(=O)CC(C)C(=O)OC(C)(C)C.CC(N)C(=O)CC(C)C(=O)NC(C)C(=O)CC(C)C(=O)OC(C)(C)C.[2H]CF.[2H]CF. The van der Waals surface area contributed by atoms with E-state index in [2.05, 4.69) is 39.7 Å². The molecule has 7 N–H and O–H groups in total. The summed E-state index contributed by atoms with van der Waals surface area (Å²) in [5.74, 6) is -10.1. The number of nitrogens with one attached hydrogen (secondary N) is 5. The van der Waals surface area contributed by atoms with Crippen LogP contribution in [0.5, 0.6) is 0 Å². The van der Waals surface area contributed by atoms with E-state index >= 15 is 0 Å². The number of hydrogen-bond donors (Lipinski definition) is 6. The quantitative estimate of drug-likeness (QED) is 0.0118. The Bertz CT molecular complexity index is 4050. The first kappa shape index (κ1) is 115. The molecule has 0 spiro atoms. The number of halogens is 2. The molecule has 1 fully saturated rings. The van der Waals surface area contributed by atoms with Gasteiger partial charge in [-0.3, -0.25) is 90.3 Å². The zero-order valence-corrected chi connectivity index (χ0v) is 79.0. The van der Waals surface area contributed by atoms with Crippen molar-refractivity contribution in [3.05, 3.63) is 85.0 Å². The first-order chi connectivity index (χ1) is 60.4. The van der Waals surface area contributed by atoms with Gasteiger partial charge in [0.25, 0.3) is 11.8 Å². The van der Waals surface area contributed by atoms with Gasteiger partial charge in [0.1, 0.15) is 29.2 Å². The summed E-state index contributed by atoms with van der Waals surface area (Å²) in [5, 5.41) is 13.6. The summed E-state index contributed by atoms with van der Waals surface area (Å²) >= 11 is 0. The lowest BCUT2D eigenvalue weighted by Crippen LogP contribution is -2.44. The second-order valence-electron chi connectivity index (χ2n) is 35.2. The van der Waals surface area contributed by atoms with Crippen molar-refractivity contribution in [2.24, 2.45) is 41.2 Å². The van der Waals surface area contributed by atoms with Gasteiger partial charge in [0.15, 0.2) is 40.5 Å². The van der Waals surface area contributed by atoms with Crippen LogP contribution in [0.25, 0.3) is 11.1 Å². The monoisotopic (exact) mass is 1810 g/mol. The molecule has 4 rings (SSSR count). The number of fused-ring (bicyclic) bond motifs is 3. The fourth-order valence-corrected chi connectivity index (χ4v) is 12.1. The zero-order valence-electron chi connectivity index (χ0n) is 81.0. The smallest absolute Gasteiger partial charge is 0.407 e. The number of allylic oxidation sites excluding steroid dienone is 2. The number of nitrogens with two attached hydrogens (primary N) is 1. The second kappa shape index (κ2) is 60.9. The van der Waals surface area contributed by atoms with Crippen LogP contribution in [0.15, 0.2) is 73.8 Å². The highest BCUT2D eigenvalue weighted by atomic mass is 19.1. The van der Waals surface area contributed by atoms with Gasteiger partial charge in [-0.2, -0.15) is 0 Å². The van der Waals surface area contributed by atoms with Gasteiger partial charge in [0, 0.05) is 101 Å². The molecule has 2 aromatic rings. The molecule has 0 radical (unpaired) electrons. The van der Waals surface area contributed by atoms with Crippen molar-refractivity contribution in [3.63, 3.8) is 0 Å². The predicted octanol–water partition coefficient (Wildman–Crippen LogP) is 12.8. The molecule has 0 bridgehead atoms. The number of nitrogens with zero attached hydrogens (tertiary/aromatic N) is 1. The normalized spacial score (nSPS) is 15.0. The van der Waals surface area contributed by atoms with E-state index in [4.69, 9.17) is 32.3 Å². The number of carbonyl (C=O) groups is 19. The first-order valence-corrected chi connectivity index (χ1v) is 43.4. The fourth-order valence-electron chi connectivity index (χ4n) is 12.1. The number of esters is 3. The molecule has 1 aliphatic heterocycles. The lowest BCUT2D eigenvalue weighted by molar-refractivity contribution is -0.197. The lowest BCUT2D eigenvalue weighted by atomic mass is 9.98. The number of imide groups is 1. The number of alkyl carbamates (subject to hydrolysis) is 1. The van der Waals surface area contributed by atoms with Crippen LogP contribution in [0.3, 0.4) is 0 Å². The third-order valence-electron chi connectivity index (χ3n) is 19.7. The summed E-state index contributed by atoms with van der Waals surface area (Å²) in [5.41, 5.74) is 7.96. The van der Waals surface area contributed by atoms with E-state index in [9.17, 15) is 99.9 Å². The van der Waals surface area contributed by atoms with Crippen LogP contribution in [-0.2, 0) is 110 Å².